The maximum atomic E-state index is 13.0. The van der Waals surface area contributed by atoms with Gasteiger partial charge in [0.15, 0.2) is 37.0 Å². The summed E-state index contributed by atoms with van der Waals surface area (Å²) >= 11 is 0. The van der Waals surface area contributed by atoms with Gasteiger partial charge in [-0.2, -0.15) is 0 Å². The molecule has 0 aromatic rings. The zero-order valence-corrected chi connectivity index (χ0v) is 38.6. The second-order valence-corrected chi connectivity index (χ2v) is 15.3. The Kier molecular flexibility index (Phi) is 20.8. The van der Waals surface area contributed by atoms with E-state index in [1.54, 1.807) is 0 Å². The molecule has 0 aromatic carbocycles. The number of esters is 8. The van der Waals surface area contributed by atoms with E-state index >= 15 is 0 Å². The summed E-state index contributed by atoms with van der Waals surface area (Å²) in [5.74, 6) is -9.50. The van der Waals surface area contributed by atoms with Gasteiger partial charge in [0.05, 0.1) is 0 Å². The van der Waals surface area contributed by atoms with Crippen LogP contribution in [-0.2, 0) is 114 Å². The van der Waals surface area contributed by atoms with E-state index in [-0.39, 0.29) is 0 Å². The molecule has 0 aliphatic carbocycles. The second-order valence-electron chi connectivity index (χ2n) is 15.3. The quantitative estimate of drug-likeness (QED) is 0.0938. The number of ether oxygens (including phenoxy) is 13. The average molecular weight is 964 g/mol. The molecule has 0 saturated carbocycles. The third-order valence-electron chi connectivity index (χ3n) is 9.47. The highest BCUT2D eigenvalue weighted by Crippen LogP contribution is 2.36. The Bertz CT molecular complexity index is 1860. The molecule has 0 spiro atoms. The Labute approximate surface area is 383 Å². The summed E-state index contributed by atoms with van der Waals surface area (Å²) in [6.45, 7) is 9.36. The zero-order valence-electron chi connectivity index (χ0n) is 38.6. The van der Waals surface area contributed by atoms with E-state index in [1.165, 1.54) is 0 Å². The lowest BCUT2D eigenvalue weighted by Gasteiger charge is -2.51. The van der Waals surface area contributed by atoms with Crippen LogP contribution in [0.15, 0.2) is 0 Å². The van der Waals surface area contributed by atoms with Crippen molar-refractivity contribution in [1.29, 1.82) is 0 Å². The van der Waals surface area contributed by atoms with Crippen LogP contribution in [0.5, 0.6) is 0 Å². The molecular weight excluding hydrogens is 906 g/mol. The van der Waals surface area contributed by atoms with Gasteiger partial charge in [0.25, 0.3) is 0 Å². The predicted octanol–water partition coefficient (Wildman–Crippen LogP) is -2.58. The van der Waals surface area contributed by atoms with Crippen LogP contribution < -0.4 is 16.0 Å². The number of nitrogens with one attached hydrogen (secondary N) is 3. The minimum Gasteiger partial charge on any atom is -0.463 e. The summed E-state index contributed by atoms with van der Waals surface area (Å²) in [7, 11) is 0. The van der Waals surface area contributed by atoms with Crippen molar-refractivity contribution in [1.82, 2.24) is 16.0 Å². The van der Waals surface area contributed by atoms with Crippen molar-refractivity contribution in [2.24, 2.45) is 0 Å². The number of carbonyl (C=O) groups is 11. The molecule has 67 heavy (non-hydrogen) atoms. The molecular formula is C40H57N3O24. The standard InChI is InChI=1S/C40H57N3O24/c1-15(44)41-29-36(60-23(9)52)33(27(13-56-19(5)48)63-38(29)62-25(11)54)66-40-31(43-17(3)46)37(61-24(10)53)34(28(65-40)14-57-20(6)49)67-39-30(42-16(2)45)35(59-22(8)51)32(58-21(7)50)26(64-39)12-55-18(4)47/h26-40H,12-14H2,1-11H3,(H,41,44)(H,42,45)(H,43,46)/t26?,27?,28?,29-,30-,31-,32+,33+,34+,35+,36+,37+,38+,39-,40-/m0/s1. The van der Waals surface area contributed by atoms with Gasteiger partial charge in [-0.05, 0) is 0 Å². The molecule has 3 N–H and O–H groups in total. The maximum Gasteiger partial charge on any atom is 0.305 e. The Morgan fingerprint density at radius 3 is 0.866 bits per heavy atom. The van der Waals surface area contributed by atoms with E-state index in [1.807, 2.05) is 0 Å². The van der Waals surface area contributed by atoms with Crippen LogP contribution >= 0.6 is 0 Å². The number of hydrogen-bond donors (Lipinski definition) is 3. The molecule has 15 atom stereocenters. The lowest BCUT2D eigenvalue weighted by Crippen LogP contribution is -2.72. The Balaban J connectivity index is 2.31. The highest BCUT2D eigenvalue weighted by molar-refractivity contribution is 5.75. The summed E-state index contributed by atoms with van der Waals surface area (Å²) in [5.41, 5.74) is 0. The van der Waals surface area contributed by atoms with E-state index in [2.05, 4.69) is 16.0 Å². The lowest BCUT2D eigenvalue weighted by atomic mass is 9.93. The number of rotatable bonds is 18. The van der Waals surface area contributed by atoms with Gasteiger partial charge >= 0.3 is 47.8 Å². The Hall–Kier alpha value is -6.03. The van der Waals surface area contributed by atoms with E-state index in [9.17, 15) is 52.7 Å². The largest absolute Gasteiger partial charge is 0.463 e. The molecule has 376 valence electrons. The summed E-state index contributed by atoms with van der Waals surface area (Å²) in [4.78, 5) is 138. The van der Waals surface area contributed by atoms with Crippen molar-refractivity contribution < 1.29 is 114 Å². The molecule has 27 nitrogen and oxygen atoms in total. The van der Waals surface area contributed by atoms with Gasteiger partial charge in [-0.1, -0.05) is 0 Å². The maximum absolute atomic E-state index is 13.0. The molecule has 3 unspecified atom stereocenters. The van der Waals surface area contributed by atoms with Crippen molar-refractivity contribution in [3.63, 3.8) is 0 Å². The topological polar surface area (TPSA) is 344 Å². The van der Waals surface area contributed by atoms with Crippen molar-refractivity contribution in [3.8, 4) is 0 Å². The Morgan fingerprint density at radius 1 is 0.328 bits per heavy atom. The number of hydrogen-bond acceptors (Lipinski definition) is 24. The SMILES string of the molecule is CC(=O)N[C@@H]1[C@H](O[C@@H]2C(COC(C)=O)O[C@@H](O[C@@H]3C(COC(C)=O)O[C@@H](OC(C)=O)[C@@H](NC(C)=O)[C@H]3OC(C)=O)[C@@H](NC(C)=O)[C@H]2OC(C)=O)OC(COC(C)=O)[C@@H](OC(C)=O)[C@@H]1OC(C)=O. The summed E-state index contributed by atoms with van der Waals surface area (Å²) < 4.78 is 74.9. The summed E-state index contributed by atoms with van der Waals surface area (Å²) in [6, 6.07) is -4.82. The predicted molar refractivity (Wildman–Crippen MR) is 212 cm³/mol. The van der Waals surface area contributed by atoms with Crippen LogP contribution in [-0.4, -0.2) is 177 Å². The monoisotopic (exact) mass is 963 g/mol. The van der Waals surface area contributed by atoms with Crippen LogP contribution in [0, 0.1) is 0 Å². The van der Waals surface area contributed by atoms with Crippen LogP contribution in [0.3, 0.4) is 0 Å². The highest BCUT2D eigenvalue weighted by atomic mass is 16.8. The molecule has 0 radical (unpaired) electrons. The molecule has 27 heteroatoms. The number of carbonyl (C=O) groups excluding carboxylic acids is 11. The first-order valence-electron chi connectivity index (χ1n) is 20.6. The van der Waals surface area contributed by atoms with Crippen LogP contribution in [0.4, 0.5) is 0 Å². The second kappa shape index (κ2) is 25.2. The minimum absolute atomic E-state index is 0.646. The molecule has 3 aliphatic heterocycles. The zero-order chi connectivity index (χ0) is 50.4. The first kappa shape index (κ1) is 55.3. The first-order valence-corrected chi connectivity index (χ1v) is 20.6. The van der Waals surface area contributed by atoms with Gasteiger partial charge in [0.1, 0.15) is 68.5 Å². The molecule has 3 aliphatic rings. The van der Waals surface area contributed by atoms with Gasteiger partial charge in [0, 0.05) is 76.2 Å². The van der Waals surface area contributed by atoms with Crippen LogP contribution in [0.2, 0.25) is 0 Å². The van der Waals surface area contributed by atoms with Gasteiger partial charge in [-0.25, -0.2) is 0 Å². The van der Waals surface area contributed by atoms with Gasteiger partial charge in [-0.15, -0.1) is 0 Å². The highest BCUT2D eigenvalue weighted by Gasteiger charge is 2.58. The van der Waals surface area contributed by atoms with Crippen LogP contribution in [0.25, 0.3) is 0 Å². The van der Waals surface area contributed by atoms with Crippen molar-refractivity contribution in [2.75, 3.05) is 19.8 Å². The van der Waals surface area contributed by atoms with Gasteiger partial charge in [-0.3, -0.25) is 52.7 Å². The normalized spacial score (nSPS) is 31.2. The van der Waals surface area contributed by atoms with Gasteiger partial charge < -0.3 is 77.5 Å². The smallest absolute Gasteiger partial charge is 0.305 e. The first-order chi connectivity index (χ1) is 31.3. The third-order valence-corrected chi connectivity index (χ3v) is 9.47. The molecule has 0 bridgehead atoms. The van der Waals surface area contributed by atoms with E-state index in [0.717, 1.165) is 76.2 Å². The van der Waals surface area contributed by atoms with Crippen molar-refractivity contribution in [3.05, 3.63) is 0 Å². The van der Waals surface area contributed by atoms with E-state index in [4.69, 9.17) is 61.6 Å². The van der Waals surface area contributed by atoms with E-state index in [0.29, 0.717) is 0 Å². The molecule has 3 amide bonds. The molecule has 3 heterocycles. The molecule has 3 fully saturated rings. The fourth-order valence-corrected chi connectivity index (χ4v) is 7.34. The Morgan fingerprint density at radius 2 is 0.582 bits per heavy atom. The number of amides is 3. The fourth-order valence-electron chi connectivity index (χ4n) is 7.34. The van der Waals surface area contributed by atoms with E-state index < -0.39 is 177 Å². The summed E-state index contributed by atoms with van der Waals surface area (Å²) in [5, 5.41) is 7.57. The van der Waals surface area contributed by atoms with Gasteiger partial charge in [0.2, 0.25) is 24.0 Å². The van der Waals surface area contributed by atoms with Crippen molar-refractivity contribution in [2.45, 2.75) is 168 Å². The summed E-state index contributed by atoms with van der Waals surface area (Å²) in [6.07, 6.45) is -20.3. The molecule has 3 saturated heterocycles. The average Bonchev–Trinajstić information content (AvgIpc) is 3.17. The fraction of sp³-hybridized carbons (Fsp3) is 0.725. The minimum atomic E-state index is -1.90. The van der Waals surface area contributed by atoms with Crippen molar-refractivity contribution >= 4 is 65.5 Å². The van der Waals surface area contributed by atoms with Crippen LogP contribution in [0.1, 0.15) is 76.2 Å². The third kappa shape index (κ3) is 17.0. The molecule has 3 rings (SSSR count). The lowest BCUT2D eigenvalue weighted by molar-refractivity contribution is -0.352. The molecule has 0 aromatic heterocycles.